The predicted octanol–water partition coefficient (Wildman–Crippen LogP) is 2.17. The molecule has 1 aromatic rings. The molecule has 4 heteroatoms. The van der Waals surface area contributed by atoms with E-state index in [1.54, 1.807) is 4.90 Å². The van der Waals surface area contributed by atoms with Gasteiger partial charge >= 0.3 is 6.09 Å². The van der Waals surface area contributed by atoms with Crippen LogP contribution in [0.1, 0.15) is 25.3 Å². The molecule has 2 rings (SSSR count). The first-order valence-corrected chi connectivity index (χ1v) is 6.25. The third kappa shape index (κ3) is 2.64. The molecule has 0 aliphatic carbocycles. The maximum atomic E-state index is 12.0. The van der Waals surface area contributed by atoms with Crippen molar-refractivity contribution in [3.05, 3.63) is 35.9 Å². The average Bonchev–Trinajstić information content (AvgIpc) is 2.80. The molecule has 1 aromatic carbocycles. The molecule has 0 radical (unpaired) electrons. The monoisotopic (exact) mass is 249 g/mol. The highest BCUT2D eigenvalue weighted by Gasteiger charge is 2.39. The maximum absolute atomic E-state index is 12.0. The van der Waals surface area contributed by atoms with Crippen LogP contribution in [0.2, 0.25) is 0 Å². The Balaban J connectivity index is 1.92. The van der Waals surface area contributed by atoms with E-state index in [0.29, 0.717) is 6.54 Å². The molecule has 1 aliphatic rings. The Kier molecular flexibility index (Phi) is 3.87. The molecule has 1 heterocycles. The van der Waals surface area contributed by atoms with Gasteiger partial charge in [0.15, 0.2) is 0 Å². The van der Waals surface area contributed by atoms with Gasteiger partial charge in [-0.25, -0.2) is 4.79 Å². The Morgan fingerprint density at radius 3 is 2.83 bits per heavy atom. The Hall–Kier alpha value is -1.55. The normalized spacial score (nSPS) is 23.1. The lowest BCUT2D eigenvalue weighted by atomic mass is 10.0. The third-order valence-electron chi connectivity index (χ3n) is 3.51. The molecule has 1 N–H and O–H groups in total. The smallest absolute Gasteiger partial charge is 0.410 e. The summed E-state index contributed by atoms with van der Waals surface area (Å²) in [6.07, 6.45) is 1.40. The summed E-state index contributed by atoms with van der Waals surface area (Å²) in [5, 5.41) is 9.38. The van der Waals surface area contributed by atoms with Crippen LogP contribution in [-0.2, 0) is 11.3 Å². The van der Waals surface area contributed by atoms with Crippen LogP contribution in [0.4, 0.5) is 4.79 Å². The van der Waals surface area contributed by atoms with Gasteiger partial charge in [-0.15, -0.1) is 0 Å². The van der Waals surface area contributed by atoms with Gasteiger partial charge in [0.1, 0.15) is 6.61 Å². The molecule has 1 saturated heterocycles. The highest BCUT2D eigenvalue weighted by atomic mass is 16.6. The lowest BCUT2D eigenvalue weighted by Crippen LogP contribution is -2.47. The van der Waals surface area contributed by atoms with Crippen LogP contribution < -0.4 is 0 Å². The first kappa shape index (κ1) is 12.9. The van der Waals surface area contributed by atoms with Crippen molar-refractivity contribution < 1.29 is 14.6 Å². The van der Waals surface area contributed by atoms with Crippen LogP contribution in [0, 0.1) is 0 Å². The van der Waals surface area contributed by atoms with Crippen molar-refractivity contribution in [3.8, 4) is 0 Å². The van der Waals surface area contributed by atoms with E-state index in [0.717, 1.165) is 18.4 Å². The number of rotatable bonds is 3. The van der Waals surface area contributed by atoms with E-state index < -0.39 is 5.54 Å². The number of carbonyl (C=O) groups is 1. The molecule has 0 spiro atoms. The number of likely N-dealkylation sites (tertiary alicyclic amines) is 1. The van der Waals surface area contributed by atoms with E-state index in [4.69, 9.17) is 4.74 Å². The molecule has 4 nitrogen and oxygen atoms in total. The van der Waals surface area contributed by atoms with Gasteiger partial charge in [-0.3, -0.25) is 0 Å². The SMILES string of the molecule is CC1(CO)CCCN1C(=O)OCc1ccccc1. The Labute approximate surface area is 107 Å². The van der Waals surface area contributed by atoms with Crippen molar-refractivity contribution in [2.24, 2.45) is 0 Å². The van der Waals surface area contributed by atoms with Crippen molar-refractivity contribution >= 4 is 6.09 Å². The zero-order valence-corrected chi connectivity index (χ0v) is 10.6. The number of hydrogen-bond acceptors (Lipinski definition) is 3. The van der Waals surface area contributed by atoms with Crippen LogP contribution in [0.5, 0.6) is 0 Å². The van der Waals surface area contributed by atoms with E-state index in [1.165, 1.54) is 0 Å². The van der Waals surface area contributed by atoms with Crippen molar-refractivity contribution in [1.29, 1.82) is 0 Å². The molecule has 1 atom stereocenters. The van der Waals surface area contributed by atoms with Gasteiger partial charge in [0, 0.05) is 6.54 Å². The zero-order chi connectivity index (χ0) is 13.0. The highest BCUT2D eigenvalue weighted by Crippen LogP contribution is 2.29. The summed E-state index contributed by atoms with van der Waals surface area (Å²) in [5.74, 6) is 0. The molecular weight excluding hydrogens is 230 g/mol. The number of aliphatic hydroxyl groups is 1. The van der Waals surface area contributed by atoms with Crippen LogP contribution in [-0.4, -0.2) is 34.8 Å². The second-order valence-corrected chi connectivity index (χ2v) is 4.95. The second kappa shape index (κ2) is 5.40. The van der Waals surface area contributed by atoms with Crippen LogP contribution in [0.3, 0.4) is 0 Å². The van der Waals surface area contributed by atoms with E-state index >= 15 is 0 Å². The molecular formula is C14H19NO3. The number of benzene rings is 1. The zero-order valence-electron chi connectivity index (χ0n) is 10.6. The molecule has 1 unspecified atom stereocenters. The van der Waals surface area contributed by atoms with Gasteiger partial charge in [0.2, 0.25) is 0 Å². The fourth-order valence-corrected chi connectivity index (χ4v) is 2.30. The van der Waals surface area contributed by atoms with Crippen molar-refractivity contribution in [1.82, 2.24) is 4.90 Å². The molecule has 1 amide bonds. The first-order chi connectivity index (χ1) is 8.65. The van der Waals surface area contributed by atoms with Crippen molar-refractivity contribution in [2.45, 2.75) is 31.9 Å². The summed E-state index contributed by atoms with van der Waals surface area (Å²) >= 11 is 0. The Morgan fingerprint density at radius 2 is 2.17 bits per heavy atom. The van der Waals surface area contributed by atoms with E-state index in [2.05, 4.69) is 0 Å². The minimum absolute atomic E-state index is 0.0204. The topological polar surface area (TPSA) is 49.8 Å². The van der Waals surface area contributed by atoms with Gasteiger partial charge in [0.25, 0.3) is 0 Å². The molecule has 18 heavy (non-hydrogen) atoms. The number of nitrogens with zero attached hydrogens (tertiary/aromatic N) is 1. The van der Waals surface area contributed by atoms with Gasteiger partial charge in [-0.05, 0) is 25.3 Å². The fourth-order valence-electron chi connectivity index (χ4n) is 2.30. The summed E-state index contributed by atoms with van der Waals surface area (Å²) in [4.78, 5) is 13.6. The summed E-state index contributed by atoms with van der Waals surface area (Å²) in [6, 6.07) is 9.59. The van der Waals surface area contributed by atoms with Gasteiger partial charge < -0.3 is 14.7 Å². The minimum Gasteiger partial charge on any atom is -0.445 e. The Morgan fingerprint density at radius 1 is 1.44 bits per heavy atom. The average molecular weight is 249 g/mol. The predicted molar refractivity (Wildman–Crippen MR) is 68.1 cm³/mol. The largest absolute Gasteiger partial charge is 0.445 e. The highest BCUT2D eigenvalue weighted by molar-refractivity contribution is 5.69. The minimum atomic E-state index is -0.465. The van der Waals surface area contributed by atoms with Crippen LogP contribution in [0.25, 0.3) is 0 Å². The quantitative estimate of drug-likeness (QED) is 0.893. The number of ether oxygens (including phenoxy) is 1. The van der Waals surface area contributed by atoms with Gasteiger partial charge in [-0.2, -0.15) is 0 Å². The summed E-state index contributed by atoms with van der Waals surface area (Å²) < 4.78 is 5.29. The van der Waals surface area contributed by atoms with Crippen molar-refractivity contribution in [3.63, 3.8) is 0 Å². The fraction of sp³-hybridized carbons (Fsp3) is 0.500. The second-order valence-electron chi connectivity index (χ2n) is 4.95. The molecule has 1 aliphatic heterocycles. The number of hydrogen-bond donors (Lipinski definition) is 1. The lowest BCUT2D eigenvalue weighted by molar-refractivity contribution is 0.0455. The van der Waals surface area contributed by atoms with E-state index in [-0.39, 0.29) is 19.3 Å². The first-order valence-electron chi connectivity index (χ1n) is 6.25. The lowest BCUT2D eigenvalue weighted by Gasteiger charge is -2.32. The molecule has 0 aromatic heterocycles. The summed E-state index contributed by atoms with van der Waals surface area (Å²) in [7, 11) is 0. The summed E-state index contributed by atoms with van der Waals surface area (Å²) in [5.41, 5.74) is 0.504. The molecule has 0 bridgehead atoms. The van der Waals surface area contributed by atoms with E-state index in [1.807, 2.05) is 37.3 Å². The van der Waals surface area contributed by atoms with Crippen LogP contribution >= 0.6 is 0 Å². The van der Waals surface area contributed by atoms with Crippen molar-refractivity contribution in [2.75, 3.05) is 13.2 Å². The van der Waals surface area contributed by atoms with Crippen LogP contribution in [0.15, 0.2) is 30.3 Å². The molecule has 0 saturated carbocycles. The van der Waals surface area contributed by atoms with Gasteiger partial charge in [0.05, 0.1) is 12.1 Å². The maximum Gasteiger partial charge on any atom is 0.410 e. The molecule has 1 fully saturated rings. The number of carbonyl (C=O) groups excluding carboxylic acids is 1. The number of aliphatic hydroxyl groups excluding tert-OH is 1. The molecule has 98 valence electrons. The van der Waals surface area contributed by atoms with E-state index in [9.17, 15) is 9.90 Å². The standard InChI is InChI=1S/C14H19NO3/c1-14(11-16)8-5-9-15(14)13(17)18-10-12-6-3-2-4-7-12/h2-4,6-7,16H,5,8-11H2,1H3. The Bertz CT molecular complexity index is 407. The van der Waals surface area contributed by atoms with Gasteiger partial charge in [-0.1, -0.05) is 30.3 Å². The third-order valence-corrected chi connectivity index (χ3v) is 3.51. The number of amides is 1. The summed E-state index contributed by atoms with van der Waals surface area (Å²) in [6.45, 7) is 2.81.